The van der Waals surface area contributed by atoms with Crippen molar-refractivity contribution in [3.8, 4) is 5.75 Å². The van der Waals surface area contributed by atoms with Gasteiger partial charge in [-0.3, -0.25) is 39.1 Å². The van der Waals surface area contributed by atoms with Crippen molar-refractivity contribution in [1.82, 2.24) is 20.4 Å². The number of piperidine rings is 2. The zero-order valence-corrected chi connectivity index (χ0v) is 20.5. The molecule has 3 aliphatic heterocycles. The highest BCUT2D eigenvalue weighted by molar-refractivity contribution is 6.24. The highest BCUT2D eigenvalue weighted by Crippen LogP contribution is 2.31. The third kappa shape index (κ3) is 4.84. The van der Waals surface area contributed by atoms with E-state index >= 15 is 0 Å². The maximum Gasteiger partial charge on any atom is 0.262 e. The first-order valence-corrected chi connectivity index (χ1v) is 12.4. The number of likely N-dealkylation sites (tertiary alicyclic amines) is 1. The van der Waals surface area contributed by atoms with E-state index in [1.54, 1.807) is 43.5 Å². The zero-order valence-electron chi connectivity index (χ0n) is 20.5. The molecule has 0 spiro atoms. The Morgan fingerprint density at radius 1 is 1.03 bits per heavy atom. The van der Waals surface area contributed by atoms with Crippen molar-refractivity contribution < 1.29 is 28.7 Å². The van der Waals surface area contributed by atoms with Crippen molar-refractivity contribution in [2.75, 3.05) is 20.2 Å². The molecule has 0 aromatic heterocycles. The summed E-state index contributed by atoms with van der Waals surface area (Å²) >= 11 is 0. The van der Waals surface area contributed by atoms with Crippen molar-refractivity contribution in [2.45, 2.75) is 44.3 Å². The Hall–Kier alpha value is -4.05. The molecular weight excluding hydrogens is 476 g/mol. The van der Waals surface area contributed by atoms with Crippen LogP contribution in [0.5, 0.6) is 5.75 Å². The monoisotopic (exact) mass is 504 g/mol. The predicted octanol–water partition coefficient (Wildman–Crippen LogP) is 1.49. The summed E-state index contributed by atoms with van der Waals surface area (Å²) in [5.74, 6) is -1.54. The molecule has 5 amide bonds. The number of benzene rings is 2. The third-order valence-corrected chi connectivity index (χ3v) is 7.20. The van der Waals surface area contributed by atoms with E-state index in [0.29, 0.717) is 36.5 Å². The molecule has 2 aromatic rings. The Morgan fingerprint density at radius 2 is 1.78 bits per heavy atom. The minimum absolute atomic E-state index is 0.0302. The molecule has 10 heteroatoms. The molecule has 2 fully saturated rings. The molecule has 3 aliphatic rings. The van der Waals surface area contributed by atoms with Crippen LogP contribution in [-0.2, 0) is 16.1 Å². The molecule has 5 rings (SSSR count). The van der Waals surface area contributed by atoms with Gasteiger partial charge in [-0.2, -0.15) is 0 Å². The number of carbonyl (C=O) groups is 5. The van der Waals surface area contributed by atoms with Gasteiger partial charge in [0.05, 0.1) is 18.2 Å². The number of ether oxygens (including phenoxy) is 1. The minimum atomic E-state index is -0.984. The second-order valence-electron chi connectivity index (χ2n) is 9.54. The number of carbonyl (C=O) groups excluding carboxylic acids is 5. The van der Waals surface area contributed by atoms with Crippen molar-refractivity contribution in [3.63, 3.8) is 0 Å². The van der Waals surface area contributed by atoms with E-state index in [0.717, 1.165) is 23.3 Å². The van der Waals surface area contributed by atoms with Gasteiger partial charge in [0, 0.05) is 37.7 Å². The molecule has 2 aromatic carbocycles. The molecular formula is C27H28N4O6. The number of nitrogens with zero attached hydrogens (tertiary/aromatic N) is 2. The molecule has 1 atom stereocenters. The number of fused-ring (bicyclic) bond motifs is 1. The molecule has 192 valence electrons. The molecule has 3 heterocycles. The average molecular weight is 505 g/mol. The summed E-state index contributed by atoms with van der Waals surface area (Å²) in [6.45, 7) is 1.90. The van der Waals surface area contributed by atoms with Gasteiger partial charge in [-0.05, 0) is 49.1 Å². The van der Waals surface area contributed by atoms with Gasteiger partial charge in [0.1, 0.15) is 11.8 Å². The molecule has 1 unspecified atom stereocenters. The minimum Gasteiger partial charge on any atom is -0.497 e. The summed E-state index contributed by atoms with van der Waals surface area (Å²) in [7, 11) is 1.56. The first-order chi connectivity index (χ1) is 17.9. The highest BCUT2D eigenvalue weighted by Gasteiger charge is 2.45. The molecule has 0 bridgehead atoms. The lowest BCUT2D eigenvalue weighted by Crippen LogP contribution is -2.54. The topological polar surface area (TPSA) is 125 Å². The van der Waals surface area contributed by atoms with Crippen LogP contribution in [0.2, 0.25) is 0 Å². The van der Waals surface area contributed by atoms with E-state index in [2.05, 4.69) is 15.5 Å². The normalized spacial score (nSPS) is 20.6. The average Bonchev–Trinajstić information content (AvgIpc) is 3.15. The Kier molecular flexibility index (Phi) is 6.75. The number of hydrogen-bond acceptors (Lipinski definition) is 7. The van der Waals surface area contributed by atoms with Crippen LogP contribution in [0.3, 0.4) is 0 Å². The van der Waals surface area contributed by atoms with Gasteiger partial charge in [0.15, 0.2) is 0 Å². The summed E-state index contributed by atoms with van der Waals surface area (Å²) < 4.78 is 5.19. The van der Waals surface area contributed by atoms with Crippen molar-refractivity contribution in [2.24, 2.45) is 0 Å². The lowest BCUT2D eigenvalue weighted by molar-refractivity contribution is -0.136. The van der Waals surface area contributed by atoms with E-state index in [-0.39, 0.29) is 30.4 Å². The van der Waals surface area contributed by atoms with Crippen LogP contribution < -0.4 is 15.4 Å². The number of hydrogen-bond donors (Lipinski definition) is 2. The number of rotatable bonds is 6. The number of nitrogens with one attached hydrogen (secondary N) is 2. The summed E-state index contributed by atoms with van der Waals surface area (Å²) in [5.41, 5.74) is 1.88. The van der Waals surface area contributed by atoms with Crippen LogP contribution in [0.15, 0.2) is 42.5 Å². The van der Waals surface area contributed by atoms with Crippen molar-refractivity contribution in [1.29, 1.82) is 0 Å². The van der Waals surface area contributed by atoms with Crippen LogP contribution >= 0.6 is 0 Å². The predicted molar refractivity (Wildman–Crippen MR) is 132 cm³/mol. The number of amides is 5. The lowest BCUT2D eigenvalue weighted by Gasteiger charge is -2.32. The molecule has 37 heavy (non-hydrogen) atoms. The van der Waals surface area contributed by atoms with Gasteiger partial charge in [-0.15, -0.1) is 0 Å². The summed E-state index contributed by atoms with van der Waals surface area (Å²) in [5, 5.41) is 5.31. The second-order valence-corrected chi connectivity index (χ2v) is 9.54. The fourth-order valence-electron chi connectivity index (χ4n) is 5.23. The Labute approximate surface area is 213 Å². The van der Waals surface area contributed by atoms with Crippen molar-refractivity contribution in [3.05, 3.63) is 64.7 Å². The number of methoxy groups -OCH3 is 1. The van der Waals surface area contributed by atoms with Gasteiger partial charge in [0.2, 0.25) is 11.8 Å². The molecule has 2 N–H and O–H groups in total. The van der Waals surface area contributed by atoms with Gasteiger partial charge >= 0.3 is 0 Å². The van der Waals surface area contributed by atoms with E-state index in [1.807, 2.05) is 6.07 Å². The maximum atomic E-state index is 13.3. The van der Waals surface area contributed by atoms with E-state index in [1.165, 1.54) is 0 Å². The number of imide groups is 2. The summed E-state index contributed by atoms with van der Waals surface area (Å²) in [4.78, 5) is 66.1. The van der Waals surface area contributed by atoms with Gasteiger partial charge < -0.3 is 10.1 Å². The second kappa shape index (κ2) is 10.1. The van der Waals surface area contributed by atoms with Crippen LogP contribution in [0.25, 0.3) is 0 Å². The van der Waals surface area contributed by atoms with Gasteiger partial charge in [-0.25, -0.2) is 0 Å². The quantitative estimate of drug-likeness (QED) is 0.571. The SMILES string of the molecule is COc1cccc(C(=O)NC2CCN(Cc3cccc4c3C(=O)N(C3CCC(=O)NC3=O)C4=O)CC2)c1. The van der Waals surface area contributed by atoms with Crippen LogP contribution in [0.1, 0.15) is 62.3 Å². The van der Waals surface area contributed by atoms with Crippen LogP contribution in [-0.4, -0.2) is 71.6 Å². The fraction of sp³-hybridized carbons (Fsp3) is 0.370. The summed E-state index contributed by atoms with van der Waals surface area (Å²) in [6.07, 6.45) is 1.71. The molecule has 0 aliphatic carbocycles. The first-order valence-electron chi connectivity index (χ1n) is 12.4. The van der Waals surface area contributed by atoms with Crippen LogP contribution in [0, 0.1) is 0 Å². The smallest absolute Gasteiger partial charge is 0.262 e. The third-order valence-electron chi connectivity index (χ3n) is 7.20. The zero-order chi connectivity index (χ0) is 26.1. The maximum absolute atomic E-state index is 13.3. The molecule has 2 saturated heterocycles. The Balaban J connectivity index is 1.22. The van der Waals surface area contributed by atoms with E-state index < -0.39 is 29.7 Å². The summed E-state index contributed by atoms with van der Waals surface area (Å²) in [6, 6.07) is 11.2. The van der Waals surface area contributed by atoms with Crippen molar-refractivity contribution >= 4 is 29.5 Å². The Bertz CT molecular complexity index is 1280. The molecule has 0 radical (unpaired) electrons. The van der Waals surface area contributed by atoms with E-state index in [4.69, 9.17) is 4.74 Å². The fourth-order valence-corrected chi connectivity index (χ4v) is 5.23. The first kappa shape index (κ1) is 24.6. The van der Waals surface area contributed by atoms with E-state index in [9.17, 15) is 24.0 Å². The van der Waals surface area contributed by atoms with Gasteiger partial charge in [0.25, 0.3) is 17.7 Å². The molecule has 10 nitrogen and oxygen atoms in total. The van der Waals surface area contributed by atoms with Gasteiger partial charge in [-0.1, -0.05) is 18.2 Å². The molecule has 0 saturated carbocycles. The highest BCUT2D eigenvalue weighted by atomic mass is 16.5. The van der Waals surface area contributed by atoms with Crippen LogP contribution in [0.4, 0.5) is 0 Å². The lowest BCUT2D eigenvalue weighted by atomic mass is 10.00. The Morgan fingerprint density at radius 3 is 2.51 bits per heavy atom. The largest absolute Gasteiger partial charge is 0.497 e. The standard InChI is InChI=1S/C27H28N4O6/c1-37-19-6-2-4-16(14-19)24(33)28-18-10-12-30(13-11-18)15-17-5-3-7-20-23(17)27(36)31(26(20)35)21-8-9-22(32)29-25(21)34/h2-7,14,18,21H,8-13,15H2,1H3,(H,28,33)(H,29,32,34).